The summed E-state index contributed by atoms with van der Waals surface area (Å²) in [7, 11) is 0. The topological polar surface area (TPSA) is 93.0 Å². The first kappa shape index (κ1) is 26.8. The quantitative estimate of drug-likeness (QED) is 0.285. The molecule has 43 heavy (non-hydrogen) atoms. The van der Waals surface area contributed by atoms with Crippen LogP contribution in [0.5, 0.6) is 0 Å². The van der Waals surface area contributed by atoms with Crippen molar-refractivity contribution >= 4 is 88.0 Å². The first-order chi connectivity index (χ1) is 20.9. The highest BCUT2D eigenvalue weighted by Gasteiger charge is 2.51. The monoisotopic (exact) mass is 628 g/mol. The van der Waals surface area contributed by atoms with E-state index in [9.17, 15) is 19.2 Å². The summed E-state index contributed by atoms with van der Waals surface area (Å²) in [6.07, 6.45) is 13.0. The van der Waals surface area contributed by atoms with Gasteiger partial charge in [-0.15, -0.1) is 34.0 Å². The van der Waals surface area contributed by atoms with Gasteiger partial charge in [-0.3, -0.25) is 19.2 Å². The molecule has 0 aromatic carbocycles. The number of thiophene rings is 3. The Labute approximate surface area is 261 Å². The fourth-order valence-electron chi connectivity index (χ4n) is 9.20. The van der Waals surface area contributed by atoms with Crippen molar-refractivity contribution in [3.8, 4) is 9.75 Å². The largest absolute Gasteiger partial charge is 0.292 e. The third-order valence-corrected chi connectivity index (χ3v) is 14.7. The summed E-state index contributed by atoms with van der Waals surface area (Å²) < 4.78 is 2.39. The summed E-state index contributed by atoms with van der Waals surface area (Å²) in [6, 6.07) is 4.24. The molecule has 9 rings (SSSR count). The second kappa shape index (κ2) is 9.69. The summed E-state index contributed by atoms with van der Waals surface area (Å²) in [5.41, 5.74) is 2.95. The lowest BCUT2D eigenvalue weighted by atomic mass is 9.68. The van der Waals surface area contributed by atoms with Gasteiger partial charge in [0.05, 0.1) is 14.5 Å². The molecule has 4 atom stereocenters. The van der Waals surface area contributed by atoms with Crippen molar-refractivity contribution < 1.29 is 19.2 Å². The first-order valence-corrected chi connectivity index (χ1v) is 18.5. The third-order valence-electron chi connectivity index (χ3n) is 11.2. The van der Waals surface area contributed by atoms with E-state index in [1.807, 2.05) is 0 Å². The van der Waals surface area contributed by atoms with Crippen LogP contribution in [-0.4, -0.2) is 34.6 Å². The zero-order valence-corrected chi connectivity index (χ0v) is 26.4. The van der Waals surface area contributed by atoms with Crippen molar-refractivity contribution in [2.24, 2.45) is 33.7 Å². The zero-order chi connectivity index (χ0) is 29.0. The normalized spacial score (nSPS) is 29.4. The Morgan fingerprint density at radius 2 is 1.09 bits per heavy atom. The molecule has 5 saturated carbocycles. The zero-order valence-electron chi connectivity index (χ0n) is 23.9. The molecule has 3 heterocycles. The van der Waals surface area contributed by atoms with Crippen molar-refractivity contribution in [2.45, 2.75) is 88.9 Å². The molecule has 0 N–H and O–H groups in total. The maximum atomic E-state index is 13.2. The van der Waals surface area contributed by atoms with Crippen LogP contribution in [0.3, 0.4) is 0 Å². The predicted octanol–water partition coefficient (Wildman–Crippen LogP) is 8.32. The maximum absolute atomic E-state index is 13.2. The van der Waals surface area contributed by atoms with Crippen LogP contribution in [0.15, 0.2) is 22.1 Å². The van der Waals surface area contributed by atoms with Gasteiger partial charge in [0.2, 0.25) is 0 Å². The summed E-state index contributed by atoms with van der Waals surface area (Å²) >= 11 is 5.02. The van der Waals surface area contributed by atoms with Gasteiger partial charge in [-0.25, -0.2) is 9.98 Å². The van der Waals surface area contributed by atoms with Crippen molar-refractivity contribution in [1.29, 1.82) is 0 Å². The number of ketones is 4. The Morgan fingerprint density at radius 3 is 1.63 bits per heavy atom. The molecule has 1 spiro atoms. The van der Waals surface area contributed by atoms with E-state index < -0.39 is 0 Å². The molecule has 0 saturated heterocycles. The molecule has 6 aliphatic rings. The first-order valence-electron chi connectivity index (χ1n) is 16.0. The van der Waals surface area contributed by atoms with Crippen LogP contribution in [0.2, 0.25) is 0 Å². The number of aliphatic imine (C=N–C) groups is 2. The van der Waals surface area contributed by atoms with E-state index in [0.717, 1.165) is 91.8 Å². The Morgan fingerprint density at radius 1 is 0.581 bits per heavy atom. The number of rotatable bonds is 2. The lowest BCUT2D eigenvalue weighted by molar-refractivity contribution is -0.120. The molecule has 3 aromatic rings. The lowest BCUT2D eigenvalue weighted by Gasteiger charge is -2.34. The van der Waals surface area contributed by atoms with Gasteiger partial charge in [0.25, 0.3) is 0 Å². The Kier molecular flexibility index (Phi) is 6.03. The number of nitrogens with zero attached hydrogens (tertiary/aromatic N) is 2. The van der Waals surface area contributed by atoms with E-state index in [1.54, 1.807) is 34.0 Å². The molecule has 0 radical (unpaired) electrons. The highest BCUT2D eigenvalue weighted by Crippen LogP contribution is 2.65. The molecule has 220 valence electrons. The standard InChI is InChI=1S/C34H32N2O4S3/c37-27-16-8-2-3-9-17(16)28(38)25(27)35-22-14-20-31(42-22)33-24(34(20)12-6-1-7-13-34)32-21(41-33)15-23(43-32)36-26-29(39)18-10-4-5-11-19(18)30(26)40/h14-19H,1-13H2. The second-order valence-corrected chi connectivity index (χ2v) is 16.5. The fraction of sp³-hybridized carbons (Fsp3) is 0.529. The summed E-state index contributed by atoms with van der Waals surface area (Å²) in [5.74, 6) is -0.828. The van der Waals surface area contributed by atoms with Crippen LogP contribution in [0, 0.1) is 23.7 Å². The van der Waals surface area contributed by atoms with Crippen molar-refractivity contribution in [1.82, 2.24) is 0 Å². The molecule has 6 nitrogen and oxygen atoms in total. The van der Waals surface area contributed by atoms with Gasteiger partial charge in [-0.1, -0.05) is 44.9 Å². The fourth-order valence-corrected chi connectivity index (χ4v) is 13.2. The van der Waals surface area contributed by atoms with Gasteiger partial charge in [0.1, 0.15) is 10.0 Å². The molecule has 6 aliphatic carbocycles. The van der Waals surface area contributed by atoms with E-state index in [2.05, 4.69) is 12.1 Å². The minimum atomic E-state index is -0.163. The van der Waals surface area contributed by atoms with E-state index in [0.29, 0.717) is 0 Å². The van der Waals surface area contributed by atoms with Gasteiger partial charge < -0.3 is 0 Å². The van der Waals surface area contributed by atoms with Gasteiger partial charge in [-0.2, -0.15) is 0 Å². The molecular weight excluding hydrogens is 597 g/mol. The minimum absolute atomic E-state index is 0.0411. The molecule has 0 bridgehead atoms. The average Bonchev–Trinajstić information content (AvgIpc) is 3.84. The SMILES string of the molecule is O=C1C(=Nc2cc3c(s2)-c2sc4cc(N=C5C(=O)C6CCCCC6C5=O)sc4c2C32CCCCC2)C(=O)C2CCCCC12. The van der Waals surface area contributed by atoms with Crippen LogP contribution >= 0.6 is 34.0 Å². The highest BCUT2D eigenvalue weighted by molar-refractivity contribution is 7.33. The molecule has 0 amide bonds. The number of carbonyl (C=O) groups is 4. The number of hydrogen-bond donors (Lipinski definition) is 0. The van der Waals surface area contributed by atoms with Crippen molar-refractivity contribution in [2.75, 3.05) is 0 Å². The smallest absolute Gasteiger partial charge is 0.188 e. The van der Waals surface area contributed by atoms with Gasteiger partial charge in [0, 0.05) is 39.3 Å². The molecular formula is C34H32N2O4S3. The van der Waals surface area contributed by atoms with E-state index in [1.165, 1.54) is 32.0 Å². The highest BCUT2D eigenvalue weighted by atomic mass is 32.1. The number of fused-ring (bicyclic) bond motifs is 9. The van der Waals surface area contributed by atoms with Gasteiger partial charge in [-0.05, 0) is 56.2 Å². The Hall–Kier alpha value is -2.62. The Bertz CT molecular complexity index is 1780. The van der Waals surface area contributed by atoms with Gasteiger partial charge >= 0.3 is 0 Å². The van der Waals surface area contributed by atoms with Crippen molar-refractivity contribution in [3.05, 3.63) is 23.3 Å². The van der Waals surface area contributed by atoms with Gasteiger partial charge in [0.15, 0.2) is 34.6 Å². The average molecular weight is 629 g/mol. The Balaban J connectivity index is 1.12. The summed E-state index contributed by atoms with van der Waals surface area (Å²) in [5, 5.41) is 1.53. The van der Waals surface area contributed by atoms with E-state index in [4.69, 9.17) is 9.98 Å². The molecule has 3 aromatic heterocycles. The predicted molar refractivity (Wildman–Crippen MR) is 172 cm³/mol. The molecule has 9 heteroatoms. The van der Waals surface area contributed by atoms with Crippen LogP contribution in [0.1, 0.15) is 94.6 Å². The molecule has 0 aliphatic heterocycles. The van der Waals surface area contributed by atoms with Crippen LogP contribution in [0.25, 0.3) is 19.2 Å². The van der Waals surface area contributed by atoms with E-state index >= 15 is 0 Å². The summed E-state index contributed by atoms with van der Waals surface area (Å²) in [4.78, 5) is 64.6. The maximum Gasteiger partial charge on any atom is 0.188 e. The number of hydrogen-bond acceptors (Lipinski definition) is 9. The van der Waals surface area contributed by atoms with Crippen LogP contribution in [-0.2, 0) is 24.6 Å². The lowest BCUT2D eigenvalue weighted by Crippen LogP contribution is -2.27. The number of carbonyl (C=O) groups excluding carboxylic acids is 4. The molecule has 5 fully saturated rings. The molecule has 4 unspecified atom stereocenters. The number of Topliss-reactive ketones (excluding diaryl/α,β-unsaturated/α-hetero) is 4. The second-order valence-electron chi connectivity index (χ2n) is 13.4. The van der Waals surface area contributed by atoms with Crippen LogP contribution in [0.4, 0.5) is 10.0 Å². The minimum Gasteiger partial charge on any atom is -0.292 e. The third kappa shape index (κ3) is 3.73. The summed E-state index contributed by atoms with van der Waals surface area (Å²) in [6.45, 7) is 0. The van der Waals surface area contributed by atoms with E-state index in [-0.39, 0.29) is 63.6 Å². The van der Waals surface area contributed by atoms with Crippen LogP contribution < -0.4 is 0 Å². The van der Waals surface area contributed by atoms with Crippen molar-refractivity contribution in [3.63, 3.8) is 0 Å².